The molecule has 0 bridgehead atoms. The average Bonchev–Trinajstić information content (AvgIpc) is 2.68. The lowest BCUT2D eigenvalue weighted by molar-refractivity contribution is -0.136. The minimum atomic E-state index is -1.02. The zero-order chi connectivity index (χ0) is 22.1. The first-order chi connectivity index (χ1) is 14.2. The molecule has 10 heteroatoms. The molecule has 2 aromatic carbocycles. The fraction of sp³-hybridized carbons (Fsp3) is 0.200. The van der Waals surface area contributed by atoms with Crippen LogP contribution in [0.1, 0.15) is 30.0 Å². The molecule has 3 amide bonds. The number of hydrogen-bond acceptors (Lipinski definition) is 4. The molecule has 0 heterocycles. The van der Waals surface area contributed by atoms with E-state index in [1.807, 2.05) is 0 Å². The van der Waals surface area contributed by atoms with Gasteiger partial charge < -0.3 is 26.8 Å². The van der Waals surface area contributed by atoms with Crippen LogP contribution >= 0.6 is 11.6 Å². The van der Waals surface area contributed by atoms with Crippen molar-refractivity contribution in [1.82, 2.24) is 10.6 Å². The Labute approximate surface area is 178 Å². The minimum Gasteiger partial charge on any atom is -0.481 e. The summed E-state index contributed by atoms with van der Waals surface area (Å²) in [6.07, 6.45) is -0.278. The Hall–Kier alpha value is -3.59. The van der Waals surface area contributed by atoms with E-state index >= 15 is 0 Å². The van der Waals surface area contributed by atoms with Crippen molar-refractivity contribution >= 4 is 41.0 Å². The Morgan fingerprint density at radius 1 is 1.07 bits per heavy atom. The van der Waals surface area contributed by atoms with E-state index in [4.69, 9.17) is 27.9 Å². The number of carboxylic acids is 1. The van der Waals surface area contributed by atoms with E-state index in [2.05, 4.69) is 16.0 Å². The number of aliphatic carboxylic acids is 1. The standard InChI is InChI=1S/C20H22ClN5O4/c21-14-5-1-12(2-6-14)16(11-17(27)24-10-9-18(28)29)26-20(30)25-15-7-3-13(4-8-15)19(22)23/h1-8,16H,9-11H2,(H3,22,23)(H,24,27)(H,28,29)(H2,25,26,30). The van der Waals surface area contributed by atoms with Crippen LogP contribution in [0, 0.1) is 5.41 Å². The van der Waals surface area contributed by atoms with Gasteiger partial charge in [-0.05, 0) is 42.0 Å². The van der Waals surface area contributed by atoms with Crippen molar-refractivity contribution in [3.63, 3.8) is 0 Å². The van der Waals surface area contributed by atoms with Crippen molar-refractivity contribution in [2.24, 2.45) is 5.73 Å². The van der Waals surface area contributed by atoms with Crippen molar-refractivity contribution in [3.8, 4) is 0 Å². The Morgan fingerprint density at radius 3 is 2.27 bits per heavy atom. The number of carboxylic acid groups (broad SMARTS) is 1. The number of nitrogen functional groups attached to an aromatic ring is 1. The number of hydrogen-bond donors (Lipinski definition) is 6. The summed E-state index contributed by atoms with van der Waals surface area (Å²) in [4.78, 5) is 35.2. The third-order valence-corrected chi connectivity index (χ3v) is 4.33. The van der Waals surface area contributed by atoms with Crippen molar-refractivity contribution < 1.29 is 19.5 Å². The molecule has 158 valence electrons. The minimum absolute atomic E-state index is 0.00377. The summed E-state index contributed by atoms with van der Waals surface area (Å²) in [7, 11) is 0. The lowest BCUT2D eigenvalue weighted by atomic mass is 10.0. The van der Waals surface area contributed by atoms with E-state index in [9.17, 15) is 14.4 Å². The normalized spacial score (nSPS) is 11.2. The Kier molecular flexibility index (Phi) is 8.18. The van der Waals surface area contributed by atoms with Crippen LogP contribution in [0.3, 0.4) is 0 Å². The fourth-order valence-corrected chi connectivity index (χ4v) is 2.70. The van der Waals surface area contributed by atoms with Crippen LogP contribution in [-0.4, -0.2) is 35.4 Å². The molecule has 0 saturated heterocycles. The molecule has 9 nitrogen and oxygen atoms in total. The molecule has 7 N–H and O–H groups in total. The number of rotatable bonds is 9. The van der Waals surface area contributed by atoms with Crippen LogP contribution in [-0.2, 0) is 9.59 Å². The molecule has 0 aliphatic carbocycles. The molecule has 1 unspecified atom stereocenters. The molecule has 0 saturated carbocycles. The van der Waals surface area contributed by atoms with Gasteiger partial charge in [-0.1, -0.05) is 23.7 Å². The van der Waals surface area contributed by atoms with E-state index in [0.717, 1.165) is 0 Å². The quantitative estimate of drug-likeness (QED) is 0.265. The summed E-state index contributed by atoms with van der Waals surface area (Å²) in [5.41, 5.74) is 7.08. The smallest absolute Gasteiger partial charge is 0.319 e. The van der Waals surface area contributed by atoms with Crippen molar-refractivity contribution in [2.45, 2.75) is 18.9 Å². The molecule has 0 aliphatic heterocycles. The molecule has 2 aromatic rings. The van der Waals surface area contributed by atoms with Crippen LogP contribution in [0.4, 0.5) is 10.5 Å². The highest BCUT2D eigenvalue weighted by Crippen LogP contribution is 2.20. The van der Waals surface area contributed by atoms with Gasteiger partial charge in [0.25, 0.3) is 0 Å². The highest BCUT2D eigenvalue weighted by Gasteiger charge is 2.19. The number of carbonyl (C=O) groups excluding carboxylic acids is 2. The van der Waals surface area contributed by atoms with E-state index in [1.54, 1.807) is 48.5 Å². The zero-order valence-corrected chi connectivity index (χ0v) is 16.7. The van der Waals surface area contributed by atoms with Crippen LogP contribution in [0.2, 0.25) is 5.02 Å². The van der Waals surface area contributed by atoms with Crippen LogP contribution < -0.4 is 21.7 Å². The third kappa shape index (κ3) is 7.44. The monoisotopic (exact) mass is 431 g/mol. The number of carbonyl (C=O) groups is 3. The first-order valence-corrected chi connectivity index (χ1v) is 9.38. The first-order valence-electron chi connectivity index (χ1n) is 9.00. The number of amides is 3. The van der Waals surface area contributed by atoms with E-state index < -0.39 is 23.9 Å². The van der Waals surface area contributed by atoms with Crippen LogP contribution in [0.25, 0.3) is 0 Å². The second kappa shape index (κ2) is 10.8. The summed E-state index contributed by atoms with van der Waals surface area (Å²) in [5.74, 6) is -1.50. The summed E-state index contributed by atoms with van der Waals surface area (Å²) in [6.45, 7) is -0.00377. The van der Waals surface area contributed by atoms with Crippen LogP contribution in [0.5, 0.6) is 0 Å². The van der Waals surface area contributed by atoms with Gasteiger partial charge in [0, 0.05) is 22.8 Å². The SMILES string of the molecule is N=C(N)c1ccc(NC(=O)NC(CC(=O)NCCC(=O)O)c2ccc(Cl)cc2)cc1. The lowest BCUT2D eigenvalue weighted by Gasteiger charge is -2.19. The Bertz CT molecular complexity index is 916. The first kappa shape index (κ1) is 22.7. The molecule has 1 atom stereocenters. The highest BCUT2D eigenvalue weighted by molar-refractivity contribution is 6.30. The number of anilines is 1. The largest absolute Gasteiger partial charge is 0.481 e. The van der Waals surface area contributed by atoms with Gasteiger partial charge in [0.1, 0.15) is 5.84 Å². The number of benzene rings is 2. The predicted octanol–water partition coefficient (Wildman–Crippen LogP) is 2.47. The Morgan fingerprint density at radius 2 is 1.70 bits per heavy atom. The molecule has 0 spiro atoms. The van der Waals surface area contributed by atoms with E-state index in [-0.39, 0.29) is 25.2 Å². The predicted molar refractivity (Wildman–Crippen MR) is 114 cm³/mol. The molecule has 30 heavy (non-hydrogen) atoms. The summed E-state index contributed by atoms with van der Waals surface area (Å²) in [6, 6.07) is 11.9. The molecule has 0 aromatic heterocycles. The van der Waals surface area contributed by atoms with Gasteiger partial charge in [-0.3, -0.25) is 15.0 Å². The van der Waals surface area contributed by atoms with Gasteiger partial charge in [0.2, 0.25) is 5.91 Å². The molecule has 0 fully saturated rings. The van der Waals surface area contributed by atoms with Gasteiger partial charge >= 0.3 is 12.0 Å². The zero-order valence-electron chi connectivity index (χ0n) is 15.9. The van der Waals surface area contributed by atoms with Gasteiger partial charge in [0.05, 0.1) is 18.9 Å². The number of halogens is 1. The van der Waals surface area contributed by atoms with Gasteiger partial charge in [-0.2, -0.15) is 0 Å². The number of urea groups is 1. The van der Waals surface area contributed by atoms with Gasteiger partial charge in [-0.15, -0.1) is 0 Å². The number of nitrogens with one attached hydrogen (secondary N) is 4. The van der Waals surface area contributed by atoms with Crippen LogP contribution in [0.15, 0.2) is 48.5 Å². The molecule has 2 rings (SSSR count). The molecule has 0 radical (unpaired) electrons. The van der Waals surface area contributed by atoms with E-state index in [1.165, 1.54) is 0 Å². The maximum Gasteiger partial charge on any atom is 0.319 e. The highest BCUT2D eigenvalue weighted by atomic mass is 35.5. The van der Waals surface area contributed by atoms with Crippen molar-refractivity contribution in [1.29, 1.82) is 5.41 Å². The topological polar surface area (TPSA) is 157 Å². The fourth-order valence-electron chi connectivity index (χ4n) is 2.57. The molecular formula is C20H22ClN5O4. The summed E-state index contributed by atoms with van der Waals surface area (Å²) >= 11 is 5.91. The summed E-state index contributed by atoms with van der Waals surface area (Å²) < 4.78 is 0. The number of nitrogens with two attached hydrogens (primary N) is 1. The maximum atomic E-state index is 12.4. The lowest BCUT2D eigenvalue weighted by Crippen LogP contribution is -2.36. The molecular weight excluding hydrogens is 410 g/mol. The van der Waals surface area contributed by atoms with Gasteiger partial charge in [0.15, 0.2) is 0 Å². The second-order valence-electron chi connectivity index (χ2n) is 6.39. The van der Waals surface area contributed by atoms with Crippen molar-refractivity contribution in [2.75, 3.05) is 11.9 Å². The van der Waals surface area contributed by atoms with Gasteiger partial charge in [-0.25, -0.2) is 4.79 Å². The second-order valence-corrected chi connectivity index (χ2v) is 6.83. The average molecular weight is 432 g/mol. The third-order valence-electron chi connectivity index (χ3n) is 4.08. The van der Waals surface area contributed by atoms with Crippen molar-refractivity contribution in [3.05, 3.63) is 64.7 Å². The maximum absolute atomic E-state index is 12.4. The number of amidine groups is 1. The Balaban J connectivity index is 2.04. The summed E-state index contributed by atoms with van der Waals surface area (Å²) in [5, 5.41) is 24.5. The van der Waals surface area contributed by atoms with E-state index in [0.29, 0.717) is 21.8 Å². The molecule has 0 aliphatic rings.